The number of rotatable bonds is 4. The van der Waals surface area contributed by atoms with Crippen molar-refractivity contribution in [1.82, 2.24) is 14.5 Å². The second-order valence-corrected chi connectivity index (χ2v) is 6.87. The fourth-order valence-corrected chi connectivity index (χ4v) is 3.29. The third-order valence-electron chi connectivity index (χ3n) is 4.90. The molecule has 156 valence electrons. The second kappa shape index (κ2) is 8.14. The summed E-state index contributed by atoms with van der Waals surface area (Å²) >= 11 is 0. The minimum absolute atomic E-state index is 0.107. The molecule has 2 aromatic rings. The van der Waals surface area contributed by atoms with Crippen LogP contribution in [0.1, 0.15) is 17.7 Å². The molecular weight excluding hydrogens is 389 g/mol. The highest BCUT2D eigenvalue weighted by Crippen LogP contribution is 2.29. The van der Waals surface area contributed by atoms with Gasteiger partial charge in [-0.3, -0.25) is 9.59 Å². The van der Waals surface area contributed by atoms with Crippen molar-refractivity contribution < 1.29 is 23.1 Å². The van der Waals surface area contributed by atoms with E-state index in [1.54, 1.807) is 11.8 Å². The lowest BCUT2D eigenvalue weighted by molar-refractivity contribution is -0.138. The molecular formula is C19H21F3N4O3. The lowest BCUT2D eigenvalue weighted by Gasteiger charge is -2.35. The number of aromatic nitrogens is 2. The van der Waals surface area contributed by atoms with E-state index in [4.69, 9.17) is 0 Å². The largest absolute Gasteiger partial charge is 0.508 e. The number of pyridine rings is 2. The van der Waals surface area contributed by atoms with Crippen molar-refractivity contribution in [3.63, 3.8) is 0 Å². The van der Waals surface area contributed by atoms with Gasteiger partial charge in [-0.2, -0.15) is 13.2 Å². The number of aromatic hydroxyl groups is 1. The van der Waals surface area contributed by atoms with Gasteiger partial charge in [0.2, 0.25) is 5.91 Å². The maximum Gasteiger partial charge on any atom is 0.417 e. The average Bonchev–Trinajstić information content (AvgIpc) is 2.66. The summed E-state index contributed by atoms with van der Waals surface area (Å²) in [6, 6.07) is 4.90. The molecule has 0 saturated carbocycles. The minimum Gasteiger partial charge on any atom is -0.508 e. The highest BCUT2D eigenvalue weighted by Gasteiger charge is 2.31. The Morgan fingerprint density at radius 3 is 2.41 bits per heavy atom. The second-order valence-electron chi connectivity index (χ2n) is 6.87. The number of hydrogen-bond acceptors (Lipinski definition) is 5. The molecule has 0 radical (unpaired) electrons. The molecule has 1 fully saturated rings. The summed E-state index contributed by atoms with van der Waals surface area (Å²) in [5, 5.41) is 9.42. The summed E-state index contributed by atoms with van der Waals surface area (Å²) in [4.78, 5) is 31.8. The van der Waals surface area contributed by atoms with Gasteiger partial charge in [0, 0.05) is 57.1 Å². The Bertz CT molecular complexity index is 933. The van der Waals surface area contributed by atoms with Crippen molar-refractivity contribution >= 4 is 11.7 Å². The van der Waals surface area contributed by atoms with E-state index in [0.29, 0.717) is 37.7 Å². The number of piperazine rings is 1. The van der Waals surface area contributed by atoms with Crippen LogP contribution in [0.25, 0.3) is 0 Å². The fraction of sp³-hybridized carbons (Fsp3) is 0.421. The molecule has 2 aromatic heterocycles. The predicted octanol–water partition coefficient (Wildman–Crippen LogP) is 2.02. The van der Waals surface area contributed by atoms with Gasteiger partial charge in [-0.05, 0) is 25.1 Å². The zero-order chi connectivity index (χ0) is 21.2. The van der Waals surface area contributed by atoms with Crippen LogP contribution in [0, 0.1) is 6.92 Å². The van der Waals surface area contributed by atoms with Gasteiger partial charge in [0.1, 0.15) is 11.6 Å². The molecule has 0 bridgehead atoms. The maximum atomic E-state index is 12.6. The summed E-state index contributed by atoms with van der Waals surface area (Å²) in [6.07, 6.45) is -3.47. The monoisotopic (exact) mass is 410 g/mol. The molecule has 1 aliphatic rings. The Kier molecular flexibility index (Phi) is 5.81. The highest BCUT2D eigenvalue weighted by molar-refractivity contribution is 5.76. The zero-order valence-corrected chi connectivity index (χ0v) is 15.8. The van der Waals surface area contributed by atoms with Gasteiger partial charge in [0.25, 0.3) is 5.56 Å². The Hall–Kier alpha value is -3.04. The van der Waals surface area contributed by atoms with Crippen molar-refractivity contribution in [2.24, 2.45) is 0 Å². The van der Waals surface area contributed by atoms with Crippen LogP contribution in [0.4, 0.5) is 19.0 Å². The van der Waals surface area contributed by atoms with Crippen molar-refractivity contribution in [3.8, 4) is 5.75 Å². The first-order valence-corrected chi connectivity index (χ1v) is 9.11. The van der Waals surface area contributed by atoms with Gasteiger partial charge in [-0.1, -0.05) is 0 Å². The molecule has 1 saturated heterocycles. The number of nitrogens with zero attached hydrogens (tertiary/aromatic N) is 4. The molecule has 29 heavy (non-hydrogen) atoms. The first-order chi connectivity index (χ1) is 13.6. The first-order valence-electron chi connectivity index (χ1n) is 9.11. The lowest BCUT2D eigenvalue weighted by atomic mass is 10.2. The quantitative estimate of drug-likeness (QED) is 0.835. The third kappa shape index (κ3) is 4.87. The van der Waals surface area contributed by atoms with E-state index in [1.165, 1.54) is 16.7 Å². The third-order valence-corrected chi connectivity index (χ3v) is 4.90. The van der Waals surface area contributed by atoms with Gasteiger partial charge < -0.3 is 19.5 Å². The van der Waals surface area contributed by atoms with Crippen LogP contribution in [0.3, 0.4) is 0 Å². The molecule has 0 atom stereocenters. The summed E-state index contributed by atoms with van der Waals surface area (Å²) in [5.41, 5.74) is -0.593. The molecule has 7 nitrogen and oxygen atoms in total. The molecule has 1 N–H and O–H groups in total. The van der Waals surface area contributed by atoms with Crippen molar-refractivity contribution in [1.29, 1.82) is 0 Å². The summed E-state index contributed by atoms with van der Waals surface area (Å²) in [7, 11) is 0. The molecule has 0 unspecified atom stereocenters. The van der Waals surface area contributed by atoms with E-state index >= 15 is 0 Å². The first kappa shape index (κ1) is 20.7. The zero-order valence-electron chi connectivity index (χ0n) is 15.8. The van der Waals surface area contributed by atoms with Crippen molar-refractivity contribution in [3.05, 3.63) is 52.1 Å². The smallest absolute Gasteiger partial charge is 0.417 e. The summed E-state index contributed by atoms with van der Waals surface area (Å²) in [5.74, 6) is 0.226. The molecule has 10 heteroatoms. The fourth-order valence-electron chi connectivity index (χ4n) is 3.29. The van der Waals surface area contributed by atoms with E-state index in [0.717, 1.165) is 18.3 Å². The number of anilines is 1. The average molecular weight is 410 g/mol. The van der Waals surface area contributed by atoms with E-state index in [-0.39, 0.29) is 30.2 Å². The normalized spacial score (nSPS) is 14.9. The van der Waals surface area contributed by atoms with E-state index in [1.807, 2.05) is 4.90 Å². The Labute approximate surface area is 165 Å². The van der Waals surface area contributed by atoms with Crippen LogP contribution in [0.5, 0.6) is 5.75 Å². The maximum absolute atomic E-state index is 12.6. The van der Waals surface area contributed by atoms with Crippen molar-refractivity contribution in [2.75, 3.05) is 31.1 Å². The van der Waals surface area contributed by atoms with Crippen LogP contribution >= 0.6 is 0 Å². The van der Waals surface area contributed by atoms with E-state index < -0.39 is 11.7 Å². The highest BCUT2D eigenvalue weighted by atomic mass is 19.4. The number of carbonyl (C=O) groups excluding carboxylic acids is 1. The lowest BCUT2D eigenvalue weighted by Crippen LogP contribution is -2.49. The van der Waals surface area contributed by atoms with Crippen LogP contribution in [-0.4, -0.2) is 51.6 Å². The Morgan fingerprint density at radius 1 is 1.17 bits per heavy atom. The van der Waals surface area contributed by atoms with Gasteiger partial charge in [0.05, 0.1) is 5.56 Å². The number of alkyl halides is 3. The SMILES string of the molecule is Cc1cc(O)cc(=O)n1CCC(=O)N1CCN(c2ccc(C(F)(F)F)cn2)CC1. The number of aryl methyl sites for hydroxylation is 1. The molecule has 0 aliphatic carbocycles. The number of carbonyl (C=O) groups is 1. The van der Waals surface area contributed by atoms with Gasteiger partial charge in [-0.15, -0.1) is 0 Å². The number of halogens is 3. The topological polar surface area (TPSA) is 78.7 Å². The van der Waals surface area contributed by atoms with Crippen LogP contribution in [0.15, 0.2) is 35.3 Å². The molecule has 0 spiro atoms. The van der Waals surface area contributed by atoms with Gasteiger partial charge in [-0.25, -0.2) is 4.98 Å². The van der Waals surface area contributed by atoms with E-state index in [9.17, 15) is 27.9 Å². The minimum atomic E-state index is -4.42. The van der Waals surface area contributed by atoms with E-state index in [2.05, 4.69) is 4.98 Å². The standard InChI is InChI=1S/C19H21F3N4O3/c1-13-10-15(27)11-18(29)26(13)5-4-17(28)25-8-6-24(7-9-25)16-3-2-14(12-23-16)19(20,21)22/h2-3,10-12,27H,4-9H2,1H3. The number of amides is 1. The summed E-state index contributed by atoms with van der Waals surface area (Å²) < 4.78 is 39.3. The Morgan fingerprint density at radius 2 is 1.86 bits per heavy atom. The van der Waals surface area contributed by atoms with Crippen molar-refractivity contribution in [2.45, 2.75) is 26.1 Å². The Balaban J connectivity index is 1.54. The number of hydrogen-bond donors (Lipinski definition) is 1. The predicted molar refractivity (Wildman–Crippen MR) is 99.8 cm³/mol. The summed E-state index contributed by atoms with van der Waals surface area (Å²) in [6.45, 7) is 3.66. The van der Waals surface area contributed by atoms with Gasteiger partial charge in [0.15, 0.2) is 0 Å². The molecule has 0 aromatic carbocycles. The van der Waals surface area contributed by atoms with Crippen LogP contribution in [0.2, 0.25) is 0 Å². The molecule has 1 aliphatic heterocycles. The van der Waals surface area contributed by atoms with Crippen LogP contribution < -0.4 is 10.5 Å². The van der Waals surface area contributed by atoms with Gasteiger partial charge >= 0.3 is 6.18 Å². The molecule has 1 amide bonds. The molecule has 3 rings (SSSR count). The molecule has 3 heterocycles. The van der Waals surface area contributed by atoms with Crippen LogP contribution in [-0.2, 0) is 17.5 Å².